The molecule has 2 rings (SSSR count). The summed E-state index contributed by atoms with van der Waals surface area (Å²) in [7, 11) is 1.83. The number of thiazole rings is 1. The van der Waals surface area contributed by atoms with Crippen LogP contribution in [0.4, 0.5) is 5.13 Å². The van der Waals surface area contributed by atoms with E-state index in [0.29, 0.717) is 6.54 Å². The molecule has 0 aliphatic carbocycles. The Hall–Kier alpha value is -0.620. The number of likely N-dealkylation sites (N-methyl/N-ethyl adjacent to an activating group) is 1. The average Bonchev–Trinajstić information content (AvgIpc) is 2.57. The molecule has 1 saturated heterocycles. The molecule has 0 unspecified atom stereocenters. The quantitative estimate of drug-likeness (QED) is 0.773. The highest BCUT2D eigenvalue weighted by Crippen LogP contribution is 2.24. The Bertz CT molecular complexity index is 354. The maximum absolute atomic E-state index is 11.4. The SMILES string of the molecule is CN1CCN(c2nc(Br)cs2)CC1=O. The molecule has 1 aromatic rings. The number of carbonyl (C=O) groups excluding carboxylic acids is 1. The third-order valence-electron chi connectivity index (χ3n) is 2.19. The van der Waals surface area contributed by atoms with Crippen LogP contribution in [0.3, 0.4) is 0 Å². The monoisotopic (exact) mass is 275 g/mol. The molecule has 1 amide bonds. The summed E-state index contributed by atoms with van der Waals surface area (Å²) in [5.74, 6) is 0.155. The maximum atomic E-state index is 11.4. The van der Waals surface area contributed by atoms with Gasteiger partial charge in [-0.1, -0.05) is 0 Å². The summed E-state index contributed by atoms with van der Waals surface area (Å²) in [4.78, 5) is 19.5. The lowest BCUT2D eigenvalue weighted by atomic mass is 10.3. The molecule has 0 radical (unpaired) electrons. The first-order valence-electron chi connectivity index (χ1n) is 4.27. The molecular formula is C8H10BrN3OS. The fourth-order valence-corrected chi connectivity index (χ4v) is 2.59. The molecule has 0 atom stereocenters. The largest absolute Gasteiger partial charge is 0.342 e. The number of halogens is 1. The van der Waals surface area contributed by atoms with E-state index in [0.717, 1.165) is 22.8 Å². The highest BCUT2D eigenvalue weighted by atomic mass is 79.9. The van der Waals surface area contributed by atoms with Crippen molar-refractivity contribution in [1.29, 1.82) is 0 Å². The lowest BCUT2D eigenvalue weighted by Crippen LogP contribution is -2.48. The van der Waals surface area contributed by atoms with E-state index in [2.05, 4.69) is 20.9 Å². The second-order valence-electron chi connectivity index (χ2n) is 3.19. The molecule has 1 fully saturated rings. The number of rotatable bonds is 1. The molecule has 4 nitrogen and oxygen atoms in total. The minimum Gasteiger partial charge on any atom is -0.342 e. The maximum Gasteiger partial charge on any atom is 0.241 e. The zero-order valence-electron chi connectivity index (χ0n) is 7.73. The van der Waals surface area contributed by atoms with Crippen LogP contribution in [0.5, 0.6) is 0 Å². The molecule has 1 aliphatic heterocycles. The van der Waals surface area contributed by atoms with Gasteiger partial charge in [0.25, 0.3) is 0 Å². The Morgan fingerprint density at radius 2 is 2.36 bits per heavy atom. The molecule has 0 bridgehead atoms. The number of aromatic nitrogens is 1. The van der Waals surface area contributed by atoms with Gasteiger partial charge in [0.2, 0.25) is 5.91 Å². The van der Waals surface area contributed by atoms with Gasteiger partial charge in [-0.2, -0.15) is 0 Å². The van der Waals surface area contributed by atoms with E-state index in [4.69, 9.17) is 0 Å². The Kier molecular flexibility index (Phi) is 2.73. The van der Waals surface area contributed by atoms with Crippen molar-refractivity contribution in [3.8, 4) is 0 Å². The first-order chi connectivity index (χ1) is 6.66. The van der Waals surface area contributed by atoms with Gasteiger partial charge in [-0.25, -0.2) is 4.98 Å². The Balaban J connectivity index is 2.10. The van der Waals surface area contributed by atoms with Gasteiger partial charge in [-0.15, -0.1) is 11.3 Å². The van der Waals surface area contributed by atoms with Crippen molar-refractivity contribution in [2.75, 3.05) is 31.6 Å². The molecule has 0 N–H and O–H groups in total. The van der Waals surface area contributed by atoms with Crippen LogP contribution in [-0.2, 0) is 4.79 Å². The standard InChI is InChI=1S/C8H10BrN3OS/c1-11-2-3-12(4-7(11)13)8-10-6(9)5-14-8/h5H,2-4H2,1H3. The second kappa shape index (κ2) is 3.86. The zero-order valence-corrected chi connectivity index (χ0v) is 10.1. The number of piperazine rings is 1. The van der Waals surface area contributed by atoms with E-state index in [-0.39, 0.29) is 5.91 Å². The Morgan fingerprint density at radius 1 is 1.57 bits per heavy atom. The van der Waals surface area contributed by atoms with Gasteiger partial charge in [0.1, 0.15) is 4.60 Å². The lowest BCUT2D eigenvalue weighted by Gasteiger charge is -2.31. The van der Waals surface area contributed by atoms with Crippen LogP contribution in [0, 0.1) is 0 Å². The first kappa shape index (κ1) is 9.92. The smallest absolute Gasteiger partial charge is 0.241 e. The van der Waals surface area contributed by atoms with Crippen molar-refractivity contribution in [2.45, 2.75) is 0 Å². The Labute approximate surface area is 94.7 Å². The number of carbonyl (C=O) groups is 1. The predicted octanol–water partition coefficient (Wildman–Crippen LogP) is 1.18. The number of hydrogen-bond donors (Lipinski definition) is 0. The topological polar surface area (TPSA) is 36.4 Å². The summed E-state index contributed by atoms with van der Waals surface area (Å²) in [6, 6.07) is 0. The third-order valence-corrected chi connectivity index (χ3v) is 3.80. The highest BCUT2D eigenvalue weighted by Gasteiger charge is 2.22. The number of nitrogens with zero attached hydrogens (tertiary/aromatic N) is 3. The molecule has 6 heteroatoms. The van der Waals surface area contributed by atoms with Gasteiger partial charge in [0.05, 0.1) is 6.54 Å². The third kappa shape index (κ3) is 1.90. The predicted molar refractivity (Wildman–Crippen MR) is 59.7 cm³/mol. The van der Waals surface area contributed by atoms with Gasteiger partial charge in [-0.3, -0.25) is 4.79 Å². The minimum absolute atomic E-state index is 0.155. The normalized spacial score (nSPS) is 17.7. The molecule has 0 saturated carbocycles. The molecule has 0 spiro atoms. The molecule has 2 heterocycles. The lowest BCUT2D eigenvalue weighted by molar-refractivity contribution is -0.129. The molecular weight excluding hydrogens is 266 g/mol. The average molecular weight is 276 g/mol. The summed E-state index contributed by atoms with van der Waals surface area (Å²) < 4.78 is 0.837. The summed E-state index contributed by atoms with van der Waals surface area (Å²) in [6.07, 6.45) is 0. The number of hydrogen-bond acceptors (Lipinski definition) is 4. The molecule has 1 aromatic heterocycles. The van der Waals surface area contributed by atoms with Gasteiger partial charge >= 0.3 is 0 Å². The van der Waals surface area contributed by atoms with Gasteiger partial charge in [0.15, 0.2) is 5.13 Å². The summed E-state index contributed by atoms with van der Waals surface area (Å²) >= 11 is 4.86. The van der Waals surface area contributed by atoms with Crippen LogP contribution >= 0.6 is 27.3 Å². The van der Waals surface area contributed by atoms with Crippen LogP contribution in [0.1, 0.15) is 0 Å². The van der Waals surface area contributed by atoms with Crippen LogP contribution in [0.2, 0.25) is 0 Å². The summed E-state index contributed by atoms with van der Waals surface area (Å²) in [5.41, 5.74) is 0. The fourth-order valence-electron chi connectivity index (χ4n) is 1.31. The summed E-state index contributed by atoms with van der Waals surface area (Å²) in [6.45, 7) is 2.08. The van der Waals surface area contributed by atoms with Crippen LogP contribution in [-0.4, -0.2) is 42.5 Å². The molecule has 14 heavy (non-hydrogen) atoms. The fraction of sp³-hybridized carbons (Fsp3) is 0.500. The van der Waals surface area contributed by atoms with Crippen molar-refractivity contribution in [1.82, 2.24) is 9.88 Å². The van der Waals surface area contributed by atoms with Crippen molar-refractivity contribution in [3.63, 3.8) is 0 Å². The first-order valence-corrected chi connectivity index (χ1v) is 5.94. The van der Waals surface area contributed by atoms with Crippen LogP contribution < -0.4 is 4.90 Å². The minimum atomic E-state index is 0.155. The summed E-state index contributed by atoms with van der Waals surface area (Å²) in [5, 5.41) is 2.84. The zero-order chi connectivity index (χ0) is 10.1. The molecule has 76 valence electrons. The van der Waals surface area contributed by atoms with E-state index in [1.807, 2.05) is 17.3 Å². The van der Waals surface area contributed by atoms with Crippen LogP contribution in [0.15, 0.2) is 9.98 Å². The second-order valence-corrected chi connectivity index (χ2v) is 4.84. The number of anilines is 1. The van der Waals surface area contributed by atoms with Crippen molar-refractivity contribution >= 4 is 38.3 Å². The van der Waals surface area contributed by atoms with Crippen molar-refractivity contribution in [3.05, 3.63) is 9.98 Å². The van der Waals surface area contributed by atoms with Crippen molar-refractivity contribution in [2.24, 2.45) is 0 Å². The van der Waals surface area contributed by atoms with E-state index >= 15 is 0 Å². The van der Waals surface area contributed by atoms with E-state index in [9.17, 15) is 4.79 Å². The van der Waals surface area contributed by atoms with Crippen LogP contribution in [0.25, 0.3) is 0 Å². The highest BCUT2D eigenvalue weighted by molar-refractivity contribution is 9.10. The van der Waals surface area contributed by atoms with Gasteiger partial charge in [-0.05, 0) is 15.9 Å². The Morgan fingerprint density at radius 3 is 2.93 bits per heavy atom. The molecule has 1 aliphatic rings. The number of amides is 1. The van der Waals surface area contributed by atoms with Gasteiger partial charge in [0, 0.05) is 25.5 Å². The molecule has 0 aromatic carbocycles. The van der Waals surface area contributed by atoms with E-state index in [1.54, 1.807) is 16.2 Å². The van der Waals surface area contributed by atoms with E-state index < -0.39 is 0 Å². The van der Waals surface area contributed by atoms with Crippen molar-refractivity contribution < 1.29 is 4.79 Å². The van der Waals surface area contributed by atoms with E-state index in [1.165, 1.54) is 0 Å². The van der Waals surface area contributed by atoms with Gasteiger partial charge < -0.3 is 9.80 Å².